The van der Waals surface area contributed by atoms with E-state index in [1.54, 1.807) is 32.0 Å². The number of ether oxygens (including phenoxy) is 2. The van der Waals surface area contributed by atoms with Crippen LogP contribution in [0.3, 0.4) is 0 Å². The maximum absolute atomic E-state index is 12.7. The van der Waals surface area contributed by atoms with Gasteiger partial charge in [-0.2, -0.15) is 0 Å². The zero-order valence-corrected chi connectivity index (χ0v) is 17.3. The number of pyridine rings is 1. The lowest BCUT2D eigenvalue weighted by Gasteiger charge is -2.16. The lowest BCUT2D eigenvalue weighted by atomic mass is 10.0. The molecule has 0 aliphatic heterocycles. The van der Waals surface area contributed by atoms with E-state index in [1.807, 2.05) is 42.5 Å². The summed E-state index contributed by atoms with van der Waals surface area (Å²) in [7, 11) is 0. The first kappa shape index (κ1) is 20.3. The molecule has 0 unspecified atom stereocenters. The molecular weight excluding hydrogens is 392 g/mol. The highest BCUT2D eigenvalue weighted by Crippen LogP contribution is 2.33. The highest BCUT2D eigenvalue weighted by atomic mass is 16.5. The van der Waals surface area contributed by atoms with Gasteiger partial charge in [0.25, 0.3) is 0 Å². The van der Waals surface area contributed by atoms with Crippen LogP contribution in [-0.4, -0.2) is 30.1 Å². The SMILES string of the molecule is CCOC(=O)c1ccc2ncc(C(=O)OCC)c(Nc3cccc4ccccc34)c2c1. The molecule has 0 aliphatic carbocycles. The lowest BCUT2D eigenvalue weighted by Crippen LogP contribution is -2.10. The van der Waals surface area contributed by atoms with Crippen LogP contribution in [0.5, 0.6) is 0 Å². The number of anilines is 2. The van der Waals surface area contributed by atoms with Crippen LogP contribution < -0.4 is 5.32 Å². The Balaban J connectivity index is 1.92. The van der Waals surface area contributed by atoms with Crippen molar-refractivity contribution in [1.82, 2.24) is 4.98 Å². The fraction of sp³-hybridized carbons (Fsp3) is 0.160. The Kier molecular flexibility index (Phi) is 5.80. The number of nitrogens with one attached hydrogen (secondary N) is 1. The van der Waals surface area contributed by atoms with E-state index in [2.05, 4.69) is 10.3 Å². The van der Waals surface area contributed by atoms with Crippen LogP contribution in [-0.2, 0) is 9.47 Å². The molecule has 6 heteroatoms. The Bertz CT molecular complexity index is 1270. The number of aromatic nitrogens is 1. The van der Waals surface area contributed by atoms with Gasteiger partial charge in [0.05, 0.1) is 30.0 Å². The van der Waals surface area contributed by atoms with Gasteiger partial charge in [0.1, 0.15) is 5.56 Å². The molecule has 0 saturated heterocycles. The first-order valence-corrected chi connectivity index (χ1v) is 10.1. The van der Waals surface area contributed by atoms with E-state index in [4.69, 9.17) is 9.47 Å². The zero-order chi connectivity index (χ0) is 21.8. The molecule has 31 heavy (non-hydrogen) atoms. The number of nitrogens with zero attached hydrogens (tertiary/aromatic N) is 1. The molecule has 6 nitrogen and oxygen atoms in total. The van der Waals surface area contributed by atoms with E-state index in [-0.39, 0.29) is 13.2 Å². The Morgan fingerprint density at radius 3 is 2.42 bits per heavy atom. The summed E-state index contributed by atoms with van der Waals surface area (Å²) in [5.74, 6) is -0.914. The van der Waals surface area contributed by atoms with E-state index in [9.17, 15) is 9.59 Å². The van der Waals surface area contributed by atoms with Crippen molar-refractivity contribution in [2.24, 2.45) is 0 Å². The number of esters is 2. The van der Waals surface area contributed by atoms with Gasteiger partial charge in [-0.3, -0.25) is 4.98 Å². The van der Waals surface area contributed by atoms with Crippen molar-refractivity contribution in [1.29, 1.82) is 0 Å². The van der Waals surface area contributed by atoms with Crippen molar-refractivity contribution in [3.05, 3.63) is 78.0 Å². The minimum atomic E-state index is -0.485. The molecule has 0 bridgehead atoms. The zero-order valence-electron chi connectivity index (χ0n) is 17.3. The number of rotatable bonds is 6. The maximum Gasteiger partial charge on any atom is 0.341 e. The quantitative estimate of drug-likeness (QED) is 0.421. The van der Waals surface area contributed by atoms with Crippen LogP contribution in [0.25, 0.3) is 21.7 Å². The van der Waals surface area contributed by atoms with Crippen molar-refractivity contribution < 1.29 is 19.1 Å². The molecule has 0 saturated carbocycles. The van der Waals surface area contributed by atoms with Crippen LogP contribution in [0.15, 0.2) is 66.9 Å². The van der Waals surface area contributed by atoms with Crippen LogP contribution in [0.4, 0.5) is 11.4 Å². The molecule has 0 atom stereocenters. The molecule has 1 N–H and O–H groups in total. The van der Waals surface area contributed by atoms with Crippen molar-refractivity contribution >= 4 is 45.0 Å². The Labute approximate surface area is 179 Å². The van der Waals surface area contributed by atoms with E-state index >= 15 is 0 Å². The summed E-state index contributed by atoms with van der Waals surface area (Å²) in [4.78, 5) is 29.4. The first-order valence-electron chi connectivity index (χ1n) is 10.1. The van der Waals surface area contributed by atoms with E-state index in [0.29, 0.717) is 27.7 Å². The first-order chi connectivity index (χ1) is 15.1. The van der Waals surface area contributed by atoms with Crippen LogP contribution in [0.2, 0.25) is 0 Å². The van der Waals surface area contributed by atoms with E-state index in [0.717, 1.165) is 16.5 Å². The summed E-state index contributed by atoms with van der Waals surface area (Å²) in [6.07, 6.45) is 1.50. The molecule has 1 aromatic heterocycles. The number of fused-ring (bicyclic) bond motifs is 2. The number of hydrogen-bond donors (Lipinski definition) is 1. The standard InChI is InChI=1S/C25H22N2O4/c1-3-30-24(28)17-12-13-21-19(14-17)23(20(15-26-21)25(29)31-4-2)27-22-11-7-9-16-8-5-6-10-18(16)22/h5-15H,3-4H2,1-2H3,(H,26,27). The van der Waals surface area contributed by atoms with Gasteiger partial charge in [0.15, 0.2) is 0 Å². The molecule has 0 spiro atoms. The summed E-state index contributed by atoms with van der Waals surface area (Å²) >= 11 is 0. The van der Waals surface area contributed by atoms with Gasteiger partial charge >= 0.3 is 11.9 Å². The second kappa shape index (κ2) is 8.83. The molecular formula is C25H22N2O4. The van der Waals surface area contributed by atoms with Crippen LogP contribution in [0, 0.1) is 0 Å². The Morgan fingerprint density at radius 2 is 1.61 bits per heavy atom. The average Bonchev–Trinajstić information content (AvgIpc) is 2.79. The van der Waals surface area contributed by atoms with Crippen molar-refractivity contribution in [2.45, 2.75) is 13.8 Å². The molecule has 1 heterocycles. The van der Waals surface area contributed by atoms with Crippen molar-refractivity contribution in [3.8, 4) is 0 Å². The third-order valence-corrected chi connectivity index (χ3v) is 4.92. The van der Waals surface area contributed by atoms with E-state index in [1.165, 1.54) is 6.20 Å². The molecule has 3 aromatic carbocycles. The third kappa shape index (κ3) is 4.05. The number of carbonyl (C=O) groups excluding carboxylic acids is 2. The smallest absolute Gasteiger partial charge is 0.341 e. The summed E-state index contributed by atoms with van der Waals surface area (Å²) in [5, 5.41) is 6.10. The highest BCUT2D eigenvalue weighted by molar-refractivity contribution is 6.09. The number of hydrogen-bond acceptors (Lipinski definition) is 6. The molecule has 0 fully saturated rings. The molecule has 0 aliphatic rings. The summed E-state index contributed by atoms with van der Waals surface area (Å²) in [5.41, 5.74) is 2.69. The van der Waals surface area contributed by atoms with E-state index < -0.39 is 11.9 Å². The van der Waals surface area contributed by atoms with Gasteiger partial charge in [-0.05, 0) is 43.5 Å². The van der Waals surface area contributed by atoms with Gasteiger partial charge in [0, 0.05) is 22.7 Å². The van der Waals surface area contributed by atoms with Gasteiger partial charge in [-0.1, -0.05) is 36.4 Å². The minimum Gasteiger partial charge on any atom is -0.462 e. The number of benzene rings is 3. The molecule has 156 valence electrons. The predicted molar refractivity (Wildman–Crippen MR) is 121 cm³/mol. The Morgan fingerprint density at radius 1 is 0.871 bits per heavy atom. The number of carbonyl (C=O) groups is 2. The normalized spacial score (nSPS) is 10.8. The fourth-order valence-corrected chi connectivity index (χ4v) is 3.50. The van der Waals surface area contributed by atoms with Gasteiger partial charge in [0.2, 0.25) is 0 Å². The minimum absolute atomic E-state index is 0.243. The fourth-order valence-electron chi connectivity index (χ4n) is 3.50. The average molecular weight is 414 g/mol. The largest absolute Gasteiger partial charge is 0.462 e. The van der Waals surface area contributed by atoms with Gasteiger partial charge < -0.3 is 14.8 Å². The third-order valence-electron chi connectivity index (χ3n) is 4.92. The molecule has 0 amide bonds. The van der Waals surface area contributed by atoms with Crippen LogP contribution >= 0.6 is 0 Å². The van der Waals surface area contributed by atoms with Gasteiger partial charge in [-0.15, -0.1) is 0 Å². The summed E-state index contributed by atoms with van der Waals surface area (Å²) in [6, 6.07) is 19.0. The maximum atomic E-state index is 12.7. The predicted octanol–water partition coefficient (Wildman–Crippen LogP) is 5.49. The second-order valence-corrected chi connectivity index (χ2v) is 6.87. The van der Waals surface area contributed by atoms with Gasteiger partial charge in [-0.25, -0.2) is 9.59 Å². The Hall–Kier alpha value is -3.93. The molecule has 4 aromatic rings. The lowest BCUT2D eigenvalue weighted by molar-refractivity contribution is 0.0518. The highest BCUT2D eigenvalue weighted by Gasteiger charge is 2.19. The topological polar surface area (TPSA) is 77.5 Å². The van der Waals surface area contributed by atoms with Crippen molar-refractivity contribution in [2.75, 3.05) is 18.5 Å². The van der Waals surface area contributed by atoms with Crippen molar-refractivity contribution in [3.63, 3.8) is 0 Å². The summed E-state index contributed by atoms with van der Waals surface area (Å²) < 4.78 is 10.4. The van der Waals surface area contributed by atoms with Crippen LogP contribution in [0.1, 0.15) is 34.6 Å². The molecule has 4 rings (SSSR count). The summed E-state index contributed by atoms with van der Waals surface area (Å²) in [6.45, 7) is 4.03. The monoisotopic (exact) mass is 414 g/mol. The second-order valence-electron chi connectivity index (χ2n) is 6.87. The molecule has 0 radical (unpaired) electrons.